The molecular formula is C9H17N3O. The first kappa shape index (κ1) is 10.2. The summed E-state index contributed by atoms with van der Waals surface area (Å²) in [5, 5.41) is 7.45. The second kappa shape index (κ2) is 4.99. The van der Waals surface area contributed by atoms with Crippen LogP contribution in [0.2, 0.25) is 0 Å². The third-order valence-electron chi connectivity index (χ3n) is 1.98. The number of rotatable bonds is 5. The highest BCUT2D eigenvalue weighted by Crippen LogP contribution is 2.09. The molecule has 0 aromatic carbocycles. The minimum Gasteiger partial charge on any atom is -0.383 e. The van der Waals surface area contributed by atoms with Gasteiger partial charge in [-0.15, -0.1) is 0 Å². The van der Waals surface area contributed by atoms with E-state index in [0.717, 1.165) is 13.2 Å². The molecule has 1 N–H and O–H groups in total. The zero-order chi connectivity index (χ0) is 9.68. The summed E-state index contributed by atoms with van der Waals surface area (Å²) >= 11 is 0. The fourth-order valence-electron chi connectivity index (χ4n) is 1.16. The predicted octanol–water partition coefficient (Wildman–Crippen LogP) is 0.717. The third-order valence-corrected chi connectivity index (χ3v) is 1.98. The lowest BCUT2D eigenvalue weighted by atomic mass is 10.2. The fourth-order valence-corrected chi connectivity index (χ4v) is 1.16. The summed E-state index contributed by atoms with van der Waals surface area (Å²) < 4.78 is 6.76. The fraction of sp³-hybridized carbons (Fsp3) is 0.667. The van der Waals surface area contributed by atoms with E-state index in [2.05, 4.69) is 17.3 Å². The molecule has 0 aliphatic heterocycles. The number of nitrogens with one attached hydrogen (secondary N) is 1. The van der Waals surface area contributed by atoms with E-state index in [4.69, 9.17) is 4.74 Å². The highest BCUT2D eigenvalue weighted by atomic mass is 16.5. The van der Waals surface area contributed by atoms with Gasteiger partial charge in [-0.1, -0.05) is 0 Å². The Labute approximate surface area is 78.9 Å². The Bertz CT molecular complexity index is 247. The molecule has 74 valence electrons. The maximum absolute atomic E-state index is 4.95. The van der Waals surface area contributed by atoms with Crippen LogP contribution in [-0.4, -0.2) is 30.0 Å². The van der Waals surface area contributed by atoms with Crippen LogP contribution >= 0.6 is 0 Å². The summed E-state index contributed by atoms with van der Waals surface area (Å²) in [7, 11) is 3.63. The van der Waals surface area contributed by atoms with Gasteiger partial charge in [0, 0.05) is 38.5 Å². The summed E-state index contributed by atoms with van der Waals surface area (Å²) in [4.78, 5) is 0. The Kier molecular flexibility index (Phi) is 3.92. The molecule has 1 heterocycles. The van der Waals surface area contributed by atoms with Crippen molar-refractivity contribution in [1.29, 1.82) is 0 Å². The van der Waals surface area contributed by atoms with Crippen LogP contribution in [0.1, 0.15) is 18.5 Å². The Morgan fingerprint density at radius 3 is 3.00 bits per heavy atom. The average molecular weight is 183 g/mol. The molecule has 1 rings (SSSR count). The zero-order valence-electron chi connectivity index (χ0n) is 8.45. The molecule has 1 aromatic heterocycles. The number of methoxy groups -OCH3 is 1. The van der Waals surface area contributed by atoms with Gasteiger partial charge in [-0.2, -0.15) is 5.10 Å². The number of hydrogen-bond acceptors (Lipinski definition) is 3. The molecule has 4 heteroatoms. The quantitative estimate of drug-likeness (QED) is 0.684. The summed E-state index contributed by atoms with van der Waals surface area (Å²) in [6.07, 6.45) is 3.90. The Morgan fingerprint density at radius 1 is 1.69 bits per heavy atom. The van der Waals surface area contributed by atoms with Crippen molar-refractivity contribution in [2.24, 2.45) is 7.05 Å². The monoisotopic (exact) mass is 183 g/mol. The van der Waals surface area contributed by atoms with Crippen molar-refractivity contribution in [2.75, 3.05) is 20.3 Å². The first-order chi connectivity index (χ1) is 6.24. The Morgan fingerprint density at radius 2 is 2.46 bits per heavy atom. The number of aromatic nitrogens is 2. The first-order valence-electron chi connectivity index (χ1n) is 4.45. The van der Waals surface area contributed by atoms with Gasteiger partial charge >= 0.3 is 0 Å². The van der Waals surface area contributed by atoms with Gasteiger partial charge in [0.1, 0.15) is 0 Å². The highest BCUT2D eigenvalue weighted by molar-refractivity contribution is 5.08. The molecular weight excluding hydrogens is 166 g/mol. The summed E-state index contributed by atoms with van der Waals surface area (Å²) in [6, 6.07) is 0.337. The average Bonchev–Trinajstić information content (AvgIpc) is 2.52. The van der Waals surface area contributed by atoms with Crippen LogP contribution in [0.3, 0.4) is 0 Å². The maximum atomic E-state index is 4.95. The minimum atomic E-state index is 0.337. The number of aryl methyl sites for hydroxylation is 1. The van der Waals surface area contributed by atoms with Crippen LogP contribution in [0.4, 0.5) is 0 Å². The van der Waals surface area contributed by atoms with Crippen LogP contribution in [0.5, 0.6) is 0 Å². The summed E-state index contributed by atoms with van der Waals surface area (Å²) in [5.74, 6) is 0. The van der Waals surface area contributed by atoms with Crippen LogP contribution in [-0.2, 0) is 11.8 Å². The van der Waals surface area contributed by atoms with Crippen molar-refractivity contribution in [3.05, 3.63) is 18.0 Å². The summed E-state index contributed by atoms with van der Waals surface area (Å²) in [5.41, 5.74) is 1.21. The smallest absolute Gasteiger partial charge is 0.0587 e. The van der Waals surface area contributed by atoms with Gasteiger partial charge < -0.3 is 10.1 Å². The molecule has 0 aliphatic rings. The molecule has 4 nitrogen and oxygen atoms in total. The lowest BCUT2D eigenvalue weighted by molar-refractivity contribution is 0.196. The SMILES string of the molecule is COCCN[C@H](C)c1cnn(C)c1. The minimum absolute atomic E-state index is 0.337. The van der Waals surface area contributed by atoms with Gasteiger partial charge in [0.25, 0.3) is 0 Å². The van der Waals surface area contributed by atoms with Crippen molar-refractivity contribution in [1.82, 2.24) is 15.1 Å². The van der Waals surface area contributed by atoms with Crippen molar-refractivity contribution >= 4 is 0 Å². The first-order valence-corrected chi connectivity index (χ1v) is 4.45. The molecule has 0 radical (unpaired) electrons. The second-order valence-corrected chi connectivity index (χ2v) is 3.12. The lowest BCUT2D eigenvalue weighted by Gasteiger charge is -2.10. The molecule has 0 saturated heterocycles. The molecule has 13 heavy (non-hydrogen) atoms. The molecule has 0 amide bonds. The highest BCUT2D eigenvalue weighted by Gasteiger charge is 2.05. The van der Waals surface area contributed by atoms with E-state index in [-0.39, 0.29) is 0 Å². The Hall–Kier alpha value is -0.870. The largest absolute Gasteiger partial charge is 0.383 e. The van der Waals surface area contributed by atoms with Crippen molar-refractivity contribution in [3.8, 4) is 0 Å². The van der Waals surface area contributed by atoms with Crippen LogP contribution < -0.4 is 5.32 Å². The Balaban J connectivity index is 2.35. The van der Waals surface area contributed by atoms with Crippen molar-refractivity contribution < 1.29 is 4.74 Å². The van der Waals surface area contributed by atoms with Gasteiger partial charge in [-0.05, 0) is 6.92 Å². The van der Waals surface area contributed by atoms with Crippen LogP contribution in [0, 0.1) is 0 Å². The van der Waals surface area contributed by atoms with E-state index in [0.29, 0.717) is 6.04 Å². The topological polar surface area (TPSA) is 39.1 Å². The second-order valence-electron chi connectivity index (χ2n) is 3.12. The molecule has 0 spiro atoms. The van der Waals surface area contributed by atoms with Crippen LogP contribution in [0.15, 0.2) is 12.4 Å². The van der Waals surface area contributed by atoms with Crippen molar-refractivity contribution in [2.45, 2.75) is 13.0 Å². The van der Waals surface area contributed by atoms with Gasteiger partial charge in [-0.25, -0.2) is 0 Å². The molecule has 0 bridgehead atoms. The maximum Gasteiger partial charge on any atom is 0.0587 e. The molecule has 0 aliphatic carbocycles. The van der Waals surface area contributed by atoms with E-state index in [1.807, 2.05) is 24.1 Å². The van der Waals surface area contributed by atoms with E-state index >= 15 is 0 Å². The number of nitrogens with zero attached hydrogens (tertiary/aromatic N) is 2. The third kappa shape index (κ3) is 3.16. The molecule has 0 saturated carbocycles. The molecule has 0 fully saturated rings. The van der Waals surface area contributed by atoms with Gasteiger partial charge in [-0.3, -0.25) is 4.68 Å². The molecule has 0 unspecified atom stereocenters. The van der Waals surface area contributed by atoms with E-state index < -0.39 is 0 Å². The summed E-state index contributed by atoms with van der Waals surface area (Å²) in [6.45, 7) is 3.73. The van der Waals surface area contributed by atoms with Gasteiger partial charge in [0.2, 0.25) is 0 Å². The normalized spacial score (nSPS) is 13.2. The van der Waals surface area contributed by atoms with Gasteiger partial charge in [0.15, 0.2) is 0 Å². The lowest BCUT2D eigenvalue weighted by Crippen LogP contribution is -2.22. The zero-order valence-corrected chi connectivity index (χ0v) is 8.45. The molecule has 1 aromatic rings. The number of hydrogen-bond donors (Lipinski definition) is 1. The standard InChI is InChI=1S/C9H17N3O/c1-8(10-4-5-13-3)9-6-11-12(2)7-9/h6-8,10H,4-5H2,1-3H3/t8-/m1/s1. The molecule has 1 atom stereocenters. The van der Waals surface area contributed by atoms with Crippen LogP contribution in [0.25, 0.3) is 0 Å². The van der Waals surface area contributed by atoms with Crippen molar-refractivity contribution in [3.63, 3.8) is 0 Å². The van der Waals surface area contributed by atoms with Gasteiger partial charge in [0.05, 0.1) is 12.8 Å². The van der Waals surface area contributed by atoms with E-state index in [1.54, 1.807) is 7.11 Å². The predicted molar refractivity (Wildman–Crippen MR) is 51.5 cm³/mol. The van der Waals surface area contributed by atoms with E-state index in [9.17, 15) is 0 Å². The van der Waals surface area contributed by atoms with E-state index in [1.165, 1.54) is 5.56 Å². The number of ether oxygens (including phenoxy) is 1.